The molecule has 0 amide bonds. The molecule has 2 rings (SSSR count). The van der Waals surface area contributed by atoms with Crippen LogP contribution in [0.15, 0.2) is 42.5 Å². The highest BCUT2D eigenvalue weighted by atomic mass is 19.1. The molecule has 0 radical (unpaired) electrons. The third-order valence-corrected chi connectivity index (χ3v) is 5.44. The first-order valence-corrected chi connectivity index (χ1v) is 11.1. The number of aryl methyl sites for hydroxylation is 2. The molecule has 2 aromatic rings. The standard InChI is InChI=1S/C26H37F/c1-3-5-7-8-9-10-12-13-22-15-18-24(19-16-22)25-20-17-23(21-26(25)27)14-11-6-4-2/h15-21H,3-14H2,1-2H3. The Morgan fingerprint density at radius 1 is 0.593 bits per heavy atom. The fraction of sp³-hybridized carbons (Fsp3) is 0.538. The van der Waals surface area contributed by atoms with Crippen LogP contribution in [-0.4, -0.2) is 0 Å². The number of hydrogen-bond acceptors (Lipinski definition) is 0. The second-order valence-electron chi connectivity index (χ2n) is 7.84. The number of unbranched alkanes of at least 4 members (excludes halogenated alkanes) is 8. The zero-order chi connectivity index (χ0) is 19.3. The van der Waals surface area contributed by atoms with Crippen molar-refractivity contribution in [3.05, 3.63) is 59.4 Å². The molecular formula is C26H37F. The lowest BCUT2D eigenvalue weighted by molar-refractivity contribution is 0.589. The second kappa shape index (κ2) is 12.7. The summed E-state index contributed by atoms with van der Waals surface area (Å²) in [6, 6.07) is 14.2. The molecular weight excluding hydrogens is 331 g/mol. The van der Waals surface area contributed by atoms with Crippen molar-refractivity contribution in [2.45, 2.75) is 90.9 Å². The van der Waals surface area contributed by atoms with Crippen LogP contribution in [0.2, 0.25) is 0 Å². The predicted octanol–water partition coefficient (Wildman–Crippen LogP) is 8.52. The van der Waals surface area contributed by atoms with Gasteiger partial charge in [-0.1, -0.05) is 102 Å². The molecule has 27 heavy (non-hydrogen) atoms. The molecule has 1 heteroatoms. The lowest BCUT2D eigenvalue weighted by Gasteiger charge is -2.08. The predicted molar refractivity (Wildman–Crippen MR) is 117 cm³/mol. The van der Waals surface area contributed by atoms with Gasteiger partial charge in [-0.2, -0.15) is 0 Å². The molecule has 0 spiro atoms. The number of hydrogen-bond donors (Lipinski definition) is 0. The first-order chi connectivity index (χ1) is 13.2. The first kappa shape index (κ1) is 21.7. The highest BCUT2D eigenvalue weighted by Crippen LogP contribution is 2.25. The van der Waals surface area contributed by atoms with E-state index in [-0.39, 0.29) is 5.82 Å². The van der Waals surface area contributed by atoms with E-state index in [1.807, 2.05) is 6.07 Å². The van der Waals surface area contributed by atoms with Crippen LogP contribution in [0.25, 0.3) is 11.1 Å². The van der Waals surface area contributed by atoms with Crippen molar-refractivity contribution in [3.8, 4) is 11.1 Å². The van der Waals surface area contributed by atoms with Crippen molar-refractivity contribution < 1.29 is 4.39 Å². The summed E-state index contributed by atoms with van der Waals surface area (Å²) >= 11 is 0. The Hall–Kier alpha value is -1.63. The molecule has 0 unspecified atom stereocenters. The summed E-state index contributed by atoms with van der Waals surface area (Å²) in [6.45, 7) is 4.46. The molecule has 0 N–H and O–H groups in total. The van der Waals surface area contributed by atoms with Gasteiger partial charge < -0.3 is 0 Å². The lowest BCUT2D eigenvalue weighted by Crippen LogP contribution is -1.91. The molecule has 148 valence electrons. The van der Waals surface area contributed by atoms with Gasteiger partial charge in [-0.15, -0.1) is 0 Å². The van der Waals surface area contributed by atoms with E-state index in [0.717, 1.165) is 36.0 Å². The second-order valence-corrected chi connectivity index (χ2v) is 7.84. The third-order valence-electron chi connectivity index (χ3n) is 5.44. The van der Waals surface area contributed by atoms with E-state index in [2.05, 4.69) is 44.2 Å². The van der Waals surface area contributed by atoms with E-state index in [4.69, 9.17) is 0 Å². The van der Waals surface area contributed by atoms with Crippen molar-refractivity contribution in [3.63, 3.8) is 0 Å². The number of rotatable bonds is 13. The van der Waals surface area contributed by atoms with Gasteiger partial charge in [-0.05, 0) is 48.4 Å². The van der Waals surface area contributed by atoms with Crippen LogP contribution >= 0.6 is 0 Å². The molecule has 0 heterocycles. The topological polar surface area (TPSA) is 0 Å². The van der Waals surface area contributed by atoms with E-state index in [9.17, 15) is 4.39 Å². The molecule has 2 aromatic carbocycles. The molecule has 0 nitrogen and oxygen atoms in total. The lowest BCUT2D eigenvalue weighted by atomic mass is 9.98. The summed E-state index contributed by atoms with van der Waals surface area (Å²) in [4.78, 5) is 0. The summed E-state index contributed by atoms with van der Waals surface area (Å²) in [5, 5.41) is 0. The molecule has 0 aliphatic heterocycles. The number of halogens is 1. The maximum Gasteiger partial charge on any atom is 0.131 e. The highest BCUT2D eigenvalue weighted by Gasteiger charge is 2.06. The summed E-state index contributed by atoms with van der Waals surface area (Å²) in [7, 11) is 0. The molecule has 0 aliphatic carbocycles. The minimum absolute atomic E-state index is 0.0937. The first-order valence-electron chi connectivity index (χ1n) is 11.1. The monoisotopic (exact) mass is 368 g/mol. The van der Waals surface area contributed by atoms with Crippen molar-refractivity contribution in [2.24, 2.45) is 0 Å². The smallest absolute Gasteiger partial charge is 0.131 e. The van der Waals surface area contributed by atoms with Crippen LogP contribution in [-0.2, 0) is 12.8 Å². The van der Waals surface area contributed by atoms with E-state index in [1.54, 1.807) is 6.07 Å². The van der Waals surface area contributed by atoms with Crippen LogP contribution < -0.4 is 0 Å². The van der Waals surface area contributed by atoms with E-state index >= 15 is 0 Å². The maximum atomic E-state index is 14.5. The average Bonchev–Trinajstić information content (AvgIpc) is 2.68. The van der Waals surface area contributed by atoms with Gasteiger partial charge in [0.2, 0.25) is 0 Å². The van der Waals surface area contributed by atoms with Gasteiger partial charge >= 0.3 is 0 Å². The Labute approximate surface area is 166 Å². The maximum absolute atomic E-state index is 14.5. The van der Waals surface area contributed by atoms with Gasteiger partial charge in [-0.3, -0.25) is 0 Å². The van der Waals surface area contributed by atoms with E-state index < -0.39 is 0 Å². The van der Waals surface area contributed by atoms with Crippen molar-refractivity contribution in [1.29, 1.82) is 0 Å². The quantitative estimate of drug-likeness (QED) is 0.311. The summed E-state index contributed by atoms with van der Waals surface area (Å²) < 4.78 is 14.5. The van der Waals surface area contributed by atoms with Crippen LogP contribution in [0, 0.1) is 5.82 Å². The van der Waals surface area contributed by atoms with Crippen molar-refractivity contribution in [1.82, 2.24) is 0 Å². The highest BCUT2D eigenvalue weighted by molar-refractivity contribution is 5.64. The van der Waals surface area contributed by atoms with Gasteiger partial charge in [0.15, 0.2) is 0 Å². The normalized spacial score (nSPS) is 11.1. The van der Waals surface area contributed by atoms with E-state index in [1.165, 1.54) is 63.4 Å². The van der Waals surface area contributed by atoms with Crippen LogP contribution in [0.4, 0.5) is 4.39 Å². The van der Waals surface area contributed by atoms with Gasteiger partial charge in [0.1, 0.15) is 5.82 Å². The molecule has 0 saturated carbocycles. The molecule has 0 atom stereocenters. The number of benzene rings is 2. The van der Waals surface area contributed by atoms with Crippen LogP contribution in [0.3, 0.4) is 0 Å². The Bertz CT molecular complexity index is 642. The average molecular weight is 369 g/mol. The Kier molecular flexibility index (Phi) is 10.2. The molecule has 0 fully saturated rings. The summed E-state index contributed by atoms with van der Waals surface area (Å²) in [6.07, 6.45) is 15.0. The van der Waals surface area contributed by atoms with Gasteiger partial charge in [0, 0.05) is 5.56 Å². The minimum Gasteiger partial charge on any atom is -0.206 e. The van der Waals surface area contributed by atoms with Gasteiger partial charge in [0.05, 0.1) is 0 Å². The summed E-state index contributed by atoms with van der Waals surface area (Å²) in [5.41, 5.74) is 4.18. The molecule has 0 saturated heterocycles. The van der Waals surface area contributed by atoms with Gasteiger partial charge in [0.25, 0.3) is 0 Å². The fourth-order valence-corrected chi connectivity index (χ4v) is 3.66. The minimum atomic E-state index is -0.0937. The fourth-order valence-electron chi connectivity index (χ4n) is 3.66. The molecule has 0 aromatic heterocycles. The van der Waals surface area contributed by atoms with Crippen LogP contribution in [0.5, 0.6) is 0 Å². The Balaban J connectivity index is 1.82. The molecule has 0 bridgehead atoms. The van der Waals surface area contributed by atoms with Gasteiger partial charge in [-0.25, -0.2) is 4.39 Å². The van der Waals surface area contributed by atoms with Crippen molar-refractivity contribution >= 4 is 0 Å². The van der Waals surface area contributed by atoms with E-state index in [0.29, 0.717) is 0 Å². The third kappa shape index (κ3) is 7.87. The van der Waals surface area contributed by atoms with Crippen molar-refractivity contribution in [2.75, 3.05) is 0 Å². The SMILES string of the molecule is CCCCCCCCCc1ccc(-c2ccc(CCCCC)cc2F)cc1. The molecule has 0 aliphatic rings. The van der Waals surface area contributed by atoms with Crippen LogP contribution in [0.1, 0.15) is 89.2 Å². The summed E-state index contributed by atoms with van der Waals surface area (Å²) in [5.74, 6) is -0.0937. The zero-order valence-corrected chi connectivity index (χ0v) is 17.4. The Morgan fingerprint density at radius 2 is 1.11 bits per heavy atom. The zero-order valence-electron chi connectivity index (χ0n) is 17.4. The largest absolute Gasteiger partial charge is 0.206 e. The Morgan fingerprint density at radius 3 is 1.78 bits per heavy atom.